The molecule has 0 bridgehead atoms. The summed E-state index contributed by atoms with van der Waals surface area (Å²) in [6.45, 7) is 5.69. The van der Waals surface area contributed by atoms with Gasteiger partial charge in [0, 0.05) is 13.7 Å². The Hall–Kier alpha value is -1.61. The topological polar surface area (TPSA) is 91.2 Å². The minimum absolute atomic E-state index is 0.295. The Labute approximate surface area is 108 Å². The van der Waals surface area contributed by atoms with Crippen LogP contribution < -0.4 is 10.6 Å². The third-order valence-corrected chi connectivity index (χ3v) is 2.80. The highest BCUT2D eigenvalue weighted by molar-refractivity contribution is 5.90. The molecule has 0 rings (SSSR count). The molecule has 18 heavy (non-hydrogen) atoms. The van der Waals surface area contributed by atoms with Gasteiger partial charge >= 0.3 is 0 Å². The van der Waals surface area contributed by atoms with Gasteiger partial charge in [0.05, 0.1) is 12.7 Å². The molecule has 0 heterocycles. The summed E-state index contributed by atoms with van der Waals surface area (Å²) < 4.78 is 4.80. The van der Waals surface area contributed by atoms with Crippen molar-refractivity contribution in [3.63, 3.8) is 0 Å². The highest BCUT2D eigenvalue weighted by Gasteiger charge is 2.32. The molecule has 0 aliphatic rings. The Kier molecular flexibility index (Phi) is 6.98. The fourth-order valence-corrected chi connectivity index (χ4v) is 1.14. The lowest BCUT2D eigenvalue weighted by molar-refractivity contribution is -0.132. The average Bonchev–Trinajstić information content (AvgIpc) is 2.37. The van der Waals surface area contributed by atoms with E-state index in [0.29, 0.717) is 19.6 Å². The van der Waals surface area contributed by atoms with Crippen LogP contribution in [0.2, 0.25) is 0 Å². The van der Waals surface area contributed by atoms with Crippen LogP contribution in [0.15, 0.2) is 0 Å². The standard InChI is InChI=1S/C12H21N3O3/c1-5-12(3,8-13)11(17)15-9(2)10(16)14-6-7-18-4/h9H,5-7H2,1-4H3,(H,14,16)(H,15,17). The van der Waals surface area contributed by atoms with Crippen molar-refractivity contribution >= 4 is 11.8 Å². The lowest BCUT2D eigenvalue weighted by atomic mass is 9.88. The number of carbonyl (C=O) groups is 2. The van der Waals surface area contributed by atoms with Gasteiger partial charge in [0.2, 0.25) is 11.8 Å². The van der Waals surface area contributed by atoms with Crippen molar-refractivity contribution in [2.75, 3.05) is 20.3 Å². The van der Waals surface area contributed by atoms with Crippen LogP contribution in [0.5, 0.6) is 0 Å². The first-order valence-electron chi connectivity index (χ1n) is 5.90. The lowest BCUT2D eigenvalue weighted by Gasteiger charge is -2.21. The molecule has 0 aromatic carbocycles. The second-order valence-electron chi connectivity index (χ2n) is 4.28. The van der Waals surface area contributed by atoms with Crippen molar-refractivity contribution in [1.82, 2.24) is 10.6 Å². The fraction of sp³-hybridized carbons (Fsp3) is 0.750. The van der Waals surface area contributed by atoms with Gasteiger partial charge in [-0.15, -0.1) is 0 Å². The van der Waals surface area contributed by atoms with E-state index in [1.807, 2.05) is 6.07 Å². The van der Waals surface area contributed by atoms with Gasteiger partial charge in [-0.05, 0) is 20.3 Å². The Balaban J connectivity index is 4.31. The summed E-state index contributed by atoms with van der Waals surface area (Å²) in [5.74, 6) is -0.723. The van der Waals surface area contributed by atoms with E-state index in [2.05, 4.69) is 10.6 Å². The second kappa shape index (κ2) is 7.67. The smallest absolute Gasteiger partial charge is 0.242 e. The highest BCUT2D eigenvalue weighted by Crippen LogP contribution is 2.19. The van der Waals surface area contributed by atoms with Crippen molar-refractivity contribution in [1.29, 1.82) is 5.26 Å². The normalized spacial score (nSPS) is 15.1. The van der Waals surface area contributed by atoms with Gasteiger partial charge in [0.15, 0.2) is 0 Å². The van der Waals surface area contributed by atoms with Crippen LogP contribution in [0.3, 0.4) is 0 Å². The molecule has 0 aromatic heterocycles. The van der Waals surface area contributed by atoms with Crippen LogP contribution in [0.25, 0.3) is 0 Å². The number of hydrogen-bond donors (Lipinski definition) is 2. The zero-order chi connectivity index (χ0) is 14.2. The molecule has 0 aliphatic carbocycles. The molecule has 2 unspecified atom stereocenters. The Morgan fingerprint density at radius 1 is 1.50 bits per heavy atom. The molecular weight excluding hydrogens is 234 g/mol. The van der Waals surface area contributed by atoms with E-state index in [0.717, 1.165) is 0 Å². The van der Waals surface area contributed by atoms with Crippen LogP contribution in [-0.2, 0) is 14.3 Å². The Morgan fingerprint density at radius 2 is 2.11 bits per heavy atom. The molecular formula is C12H21N3O3. The molecule has 0 aromatic rings. The quantitative estimate of drug-likeness (QED) is 0.635. The van der Waals surface area contributed by atoms with Gasteiger partial charge < -0.3 is 15.4 Å². The van der Waals surface area contributed by atoms with Crippen molar-refractivity contribution in [3.8, 4) is 6.07 Å². The van der Waals surface area contributed by atoms with Gasteiger partial charge in [0.1, 0.15) is 11.5 Å². The third kappa shape index (κ3) is 4.72. The van der Waals surface area contributed by atoms with Crippen LogP contribution in [0, 0.1) is 16.7 Å². The molecule has 0 aliphatic heterocycles. The summed E-state index contributed by atoms with van der Waals surface area (Å²) in [5, 5.41) is 14.1. The molecule has 0 radical (unpaired) electrons. The molecule has 0 saturated heterocycles. The third-order valence-electron chi connectivity index (χ3n) is 2.80. The van der Waals surface area contributed by atoms with E-state index >= 15 is 0 Å². The maximum absolute atomic E-state index is 11.8. The van der Waals surface area contributed by atoms with Crippen LogP contribution in [0.1, 0.15) is 27.2 Å². The van der Waals surface area contributed by atoms with E-state index in [-0.39, 0.29) is 5.91 Å². The highest BCUT2D eigenvalue weighted by atomic mass is 16.5. The van der Waals surface area contributed by atoms with Gasteiger partial charge in [-0.1, -0.05) is 6.92 Å². The number of carbonyl (C=O) groups excluding carboxylic acids is 2. The number of rotatable bonds is 7. The maximum atomic E-state index is 11.8. The molecule has 2 atom stereocenters. The predicted octanol–water partition coefficient (Wildman–Crippen LogP) is 0.194. The number of ether oxygens (including phenoxy) is 1. The summed E-state index contributed by atoms with van der Waals surface area (Å²) in [6, 6.07) is 1.29. The lowest BCUT2D eigenvalue weighted by Crippen LogP contribution is -2.49. The van der Waals surface area contributed by atoms with Gasteiger partial charge in [-0.3, -0.25) is 9.59 Å². The molecule has 6 nitrogen and oxygen atoms in total. The summed E-state index contributed by atoms with van der Waals surface area (Å²) in [4.78, 5) is 23.4. The summed E-state index contributed by atoms with van der Waals surface area (Å²) in [6.07, 6.45) is 0.396. The summed E-state index contributed by atoms with van der Waals surface area (Å²) in [5.41, 5.74) is -1.10. The molecule has 0 spiro atoms. The fourth-order valence-electron chi connectivity index (χ4n) is 1.14. The van der Waals surface area contributed by atoms with E-state index in [1.165, 1.54) is 7.11 Å². The molecule has 0 saturated carbocycles. The summed E-state index contributed by atoms with van der Waals surface area (Å²) >= 11 is 0. The van der Waals surface area contributed by atoms with E-state index in [9.17, 15) is 9.59 Å². The van der Waals surface area contributed by atoms with Crippen molar-refractivity contribution < 1.29 is 14.3 Å². The number of amides is 2. The van der Waals surface area contributed by atoms with Gasteiger partial charge in [0.25, 0.3) is 0 Å². The first kappa shape index (κ1) is 16.4. The zero-order valence-corrected chi connectivity index (χ0v) is 11.4. The molecule has 2 amide bonds. The minimum atomic E-state index is -1.10. The number of nitrogens with zero attached hydrogens (tertiary/aromatic N) is 1. The van der Waals surface area contributed by atoms with Crippen molar-refractivity contribution in [2.45, 2.75) is 33.2 Å². The van der Waals surface area contributed by atoms with E-state index < -0.39 is 17.4 Å². The molecule has 6 heteroatoms. The first-order chi connectivity index (χ1) is 8.41. The second-order valence-corrected chi connectivity index (χ2v) is 4.28. The number of nitriles is 1. The van der Waals surface area contributed by atoms with Crippen LogP contribution in [-0.4, -0.2) is 38.1 Å². The predicted molar refractivity (Wildman–Crippen MR) is 66.5 cm³/mol. The van der Waals surface area contributed by atoms with Crippen molar-refractivity contribution in [3.05, 3.63) is 0 Å². The first-order valence-corrected chi connectivity index (χ1v) is 5.90. The van der Waals surface area contributed by atoms with Gasteiger partial charge in [-0.2, -0.15) is 5.26 Å². The average molecular weight is 255 g/mol. The molecule has 0 fully saturated rings. The summed E-state index contributed by atoms with van der Waals surface area (Å²) in [7, 11) is 1.54. The van der Waals surface area contributed by atoms with Crippen LogP contribution >= 0.6 is 0 Å². The Morgan fingerprint density at radius 3 is 2.56 bits per heavy atom. The largest absolute Gasteiger partial charge is 0.383 e. The van der Waals surface area contributed by atoms with E-state index in [4.69, 9.17) is 10.00 Å². The molecule has 2 N–H and O–H groups in total. The monoisotopic (exact) mass is 255 g/mol. The number of methoxy groups -OCH3 is 1. The van der Waals surface area contributed by atoms with Crippen LogP contribution in [0.4, 0.5) is 0 Å². The van der Waals surface area contributed by atoms with E-state index in [1.54, 1.807) is 20.8 Å². The number of hydrogen-bond acceptors (Lipinski definition) is 4. The maximum Gasteiger partial charge on any atom is 0.242 e. The SMILES string of the molecule is CCC(C)(C#N)C(=O)NC(C)C(=O)NCCOC. The molecule has 102 valence electrons. The van der Waals surface area contributed by atoms with Crippen molar-refractivity contribution in [2.24, 2.45) is 5.41 Å². The van der Waals surface area contributed by atoms with Gasteiger partial charge in [-0.25, -0.2) is 0 Å². The number of nitrogens with one attached hydrogen (secondary N) is 2. The Bertz CT molecular complexity index is 338. The minimum Gasteiger partial charge on any atom is -0.383 e. The zero-order valence-electron chi connectivity index (χ0n) is 11.4.